The van der Waals surface area contributed by atoms with Crippen molar-refractivity contribution >= 4 is 19.8 Å². The first-order valence-corrected chi connectivity index (χ1v) is 39.5. The monoisotopic (exact) mass is 1310 g/mol. The van der Waals surface area contributed by atoms with Gasteiger partial charge in [-0.1, -0.05) is 345 Å². The van der Waals surface area contributed by atoms with Crippen molar-refractivity contribution in [3.63, 3.8) is 0 Å². The number of allylic oxidation sites excluding steroid dienone is 26. The van der Waals surface area contributed by atoms with Gasteiger partial charge < -0.3 is 20.1 Å². The van der Waals surface area contributed by atoms with Gasteiger partial charge >= 0.3 is 19.8 Å². The number of carbonyl (C=O) groups excluding carboxylic acids is 2. The number of phosphoric acid groups is 1. The maximum Gasteiger partial charge on any atom is 0.472 e. The summed E-state index contributed by atoms with van der Waals surface area (Å²) < 4.78 is 33.2. The van der Waals surface area contributed by atoms with E-state index in [1.165, 1.54) is 167 Å². The smallest absolute Gasteiger partial charge is 0.462 e. The Morgan fingerprint density at radius 2 is 0.559 bits per heavy atom. The van der Waals surface area contributed by atoms with Crippen LogP contribution >= 0.6 is 7.82 Å². The molecule has 0 aliphatic rings. The van der Waals surface area contributed by atoms with Gasteiger partial charge in [0.05, 0.1) is 13.2 Å². The molecule has 0 saturated carbocycles. The topological polar surface area (TPSA) is 134 Å². The van der Waals surface area contributed by atoms with Crippen molar-refractivity contribution in [3.8, 4) is 0 Å². The van der Waals surface area contributed by atoms with Crippen LogP contribution in [0, 0.1) is 0 Å². The van der Waals surface area contributed by atoms with Crippen molar-refractivity contribution in [2.45, 2.75) is 328 Å². The van der Waals surface area contributed by atoms with Gasteiger partial charge in [0.1, 0.15) is 6.61 Å². The molecule has 10 heteroatoms. The van der Waals surface area contributed by atoms with Crippen LogP contribution in [0.2, 0.25) is 0 Å². The van der Waals surface area contributed by atoms with E-state index in [0.717, 1.165) is 122 Å². The number of carbonyl (C=O) groups is 2. The zero-order chi connectivity index (χ0) is 67.2. The number of hydrogen-bond acceptors (Lipinski definition) is 8. The Labute approximate surface area is 572 Å². The Morgan fingerprint density at radius 1 is 0.323 bits per heavy atom. The van der Waals surface area contributed by atoms with Crippen LogP contribution in [-0.4, -0.2) is 49.3 Å². The predicted molar refractivity (Wildman–Crippen MR) is 403 cm³/mol. The molecule has 3 N–H and O–H groups in total. The van der Waals surface area contributed by atoms with Crippen molar-refractivity contribution in [2.24, 2.45) is 5.73 Å². The van der Waals surface area contributed by atoms with Crippen LogP contribution in [0.15, 0.2) is 158 Å². The molecule has 0 radical (unpaired) electrons. The van der Waals surface area contributed by atoms with E-state index in [1.54, 1.807) is 0 Å². The Hall–Kier alpha value is -4.37. The summed E-state index contributed by atoms with van der Waals surface area (Å²) in [4.78, 5) is 35.4. The molecule has 2 unspecified atom stereocenters. The van der Waals surface area contributed by atoms with E-state index in [0.29, 0.717) is 6.42 Å². The lowest BCUT2D eigenvalue weighted by Crippen LogP contribution is -2.29. The van der Waals surface area contributed by atoms with Gasteiger partial charge in [0, 0.05) is 19.4 Å². The zero-order valence-corrected chi connectivity index (χ0v) is 60.6. The van der Waals surface area contributed by atoms with Crippen LogP contribution in [-0.2, 0) is 32.7 Å². The number of esters is 2. The predicted octanol–water partition coefficient (Wildman–Crippen LogP) is 25.5. The van der Waals surface area contributed by atoms with E-state index in [4.69, 9.17) is 24.3 Å². The van der Waals surface area contributed by atoms with E-state index in [1.807, 2.05) is 0 Å². The average Bonchev–Trinajstić information content (AvgIpc) is 3.49. The highest BCUT2D eigenvalue weighted by Crippen LogP contribution is 2.43. The van der Waals surface area contributed by atoms with Gasteiger partial charge in [-0.05, 0) is 122 Å². The molecular weight excluding hydrogens is 1170 g/mol. The molecule has 530 valence electrons. The van der Waals surface area contributed by atoms with Crippen molar-refractivity contribution in [2.75, 3.05) is 26.4 Å². The van der Waals surface area contributed by atoms with Crippen molar-refractivity contribution in [3.05, 3.63) is 158 Å². The highest BCUT2D eigenvalue weighted by molar-refractivity contribution is 7.47. The Bertz CT molecular complexity index is 2090. The Morgan fingerprint density at radius 3 is 0.828 bits per heavy atom. The number of hydrogen-bond donors (Lipinski definition) is 2. The largest absolute Gasteiger partial charge is 0.472 e. The molecule has 2 atom stereocenters. The average molecular weight is 1310 g/mol. The summed E-state index contributed by atoms with van der Waals surface area (Å²) in [5, 5.41) is 0. The molecule has 0 aromatic carbocycles. The van der Waals surface area contributed by atoms with Crippen LogP contribution in [0.3, 0.4) is 0 Å². The minimum atomic E-state index is -4.40. The van der Waals surface area contributed by atoms with Gasteiger partial charge in [-0.2, -0.15) is 0 Å². The molecule has 0 rings (SSSR count). The highest BCUT2D eigenvalue weighted by Gasteiger charge is 2.26. The highest BCUT2D eigenvalue weighted by atomic mass is 31.2. The van der Waals surface area contributed by atoms with Crippen molar-refractivity contribution < 1.29 is 37.6 Å². The van der Waals surface area contributed by atoms with Crippen LogP contribution in [0.1, 0.15) is 322 Å². The molecule has 93 heavy (non-hydrogen) atoms. The summed E-state index contributed by atoms with van der Waals surface area (Å²) in [6.07, 6.45) is 112. The third-order valence-corrected chi connectivity index (χ3v) is 16.9. The van der Waals surface area contributed by atoms with Crippen LogP contribution in [0.4, 0.5) is 0 Å². The minimum Gasteiger partial charge on any atom is -0.462 e. The molecule has 0 fully saturated rings. The maximum absolute atomic E-state index is 12.8. The number of nitrogens with two attached hydrogens (primary N) is 1. The summed E-state index contributed by atoms with van der Waals surface area (Å²) >= 11 is 0. The molecule has 0 heterocycles. The zero-order valence-electron chi connectivity index (χ0n) is 59.7. The maximum atomic E-state index is 12.8. The number of unbranched alkanes of at least 4 members (excludes halogenated alkanes) is 31. The normalized spacial score (nSPS) is 13.8. The minimum absolute atomic E-state index is 0.0488. The first-order valence-electron chi connectivity index (χ1n) is 38.0. The second-order valence-electron chi connectivity index (χ2n) is 24.8. The second kappa shape index (κ2) is 76.6. The van der Waals surface area contributed by atoms with E-state index in [2.05, 4.69) is 172 Å². The molecule has 0 spiro atoms. The number of rotatable bonds is 70. The van der Waals surface area contributed by atoms with Crippen molar-refractivity contribution in [1.82, 2.24) is 0 Å². The van der Waals surface area contributed by atoms with Crippen LogP contribution in [0.25, 0.3) is 0 Å². The van der Waals surface area contributed by atoms with Gasteiger partial charge in [-0.3, -0.25) is 18.6 Å². The number of phosphoric ester groups is 1. The van der Waals surface area contributed by atoms with E-state index in [9.17, 15) is 19.0 Å². The molecule has 0 aliphatic carbocycles. The molecule has 0 aliphatic heterocycles. The fraction of sp³-hybridized carbons (Fsp3) is 0.663. The summed E-state index contributed by atoms with van der Waals surface area (Å²) in [6.45, 7) is 3.54. The quantitative estimate of drug-likeness (QED) is 0.0264. The second-order valence-corrected chi connectivity index (χ2v) is 26.2. The summed E-state index contributed by atoms with van der Waals surface area (Å²) in [5.41, 5.74) is 5.41. The van der Waals surface area contributed by atoms with Gasteiger partial charge in [0.2, 0.25) is 0 Å². The fourth-order valence-corrected chi connectivity index (χ4v) is 11.2. The lowest BCUT2D eigenvalue weighted by atomic mass is 10.0. The van der Waals surface area contributed by atoms with Gasteiger partial charge in [0.15, 0.2) is 6.10 Å². The van der Waals surface area contributed by atoms with E-state index in [-0.39, 0.29) is 38.6 Å². The lowest BCUT2D eigenvalue weighted by Gasteiger charge is -2.19. The molecular formula is C83H140NO8P. The summed E-state index contributed by atoms with van der Waals surface area (Å²) in [6, 6.07) is 0. The van der Waals surface area contributed by atoms with E-state index < -0.39 is 26.5 Å². The van der Waals surface area contributed by atoms with Crippen molar-refractivity contribution in [1.29, 1.82) is 0 Å². The Balaban J connectivity index is 3.86. The van der Waals surface area contributed by atoms with Gasteiger partial charge in [-0.25, -0.2) is 4.57 Å². The SMILES string of the molecule is CC/C=C\C/C=C\C/C=C\C/C=C\C/C=C\C/C=C\C/C=C\C/C=C\CCCCCCCCCCCCCCCCCCC(=O)OC(COC(=O)CCCCCCCCCCCCCCCCC/C=C\C/C=C\C/C=C\C/C=C\C/C=C\CC)COP(=O)(O)OCCN. The Kier molecular flexibility index (Phi) is 73.0. The van der Waals surface area contributed by atoms with E-state index >= 15 is 0 Å². The first kappa shape index (κ1) is 88.6. The summed E-state index contributed by atoms with van der Waals surface area (Å²) in [7, 11) is -4.40. The molecule has 0 aromatic heterocycles. The number of ether oxygens (including phenoxy) is 2. The molecule has 0 amide bonds. The third kappa shape index (κ3) is 76.5. The van der Waals surface area contributed by atoms with Gasteiger partial charge in [0.25, 0.3) is 0 Å². The molecule has 0 bridgehead atoms. The third-order valence-electron chi connectivity index (χ3n) is 15.9. The van der Waals surface area contributed by atoms with Gasteiger partial charge in [-0.15, -0.1) is 0 Å². The van der Waals surface area contributed by atoms with Crippen LogP contribution in [0.5, 0.6) is 0 Å². The van der Waals surface area contributed by atoms with Crippen LogP contribution < -0.4 is 5.73 Å². The lowest BCUT2D eigenvalue weighted by molar-refractivity contribution is -0.161. The summed E-state index contributed by atoms with van der Waals surface area (Å²) in [5.74, 6) is -0.824. The molecule has 0 saturated heterocycles. The molecule has 0 aromatic rings. The molecule has 9 nitrogen and oxygen atoms in total. The fourth-order valence-electron chi connectivity index (χ4n) is 10.4. The first-order chi connectivity index (χ1) is 45.8. The standard InChI is InChI=1S/C83H140NO8P/c1-3-5-7-9-11-13-15-17-19-21-23-25-27-29-31-33-35-36-37-38-39-40-41-42-43-44-46-48-50-52-54-56-58-60-62-64-66-68-70-72-74-76-83(86)92-81(80-91-93(87,88)90-78-77-84)79-89-82(85)75-73-71-69-67-65-63-61-59-57-55-53-51-49-47-45-34-32-30-28-26-24-22-20-18-16-14-12-10-8-6-4-2/h5-8,11-14,17-20,23-26,29-32,35-36,38-39,41-42,81H,3-4,9-10,15-16,21-22,27-28,33-34,37,40,43-80,84H2,1-2H3,(H,87,88)/b7-5-,8-6-,13-11-,14-12-,19-17-,20-18-,25-23-,26-24-,31-29-,32-30-,36-35-,39-38-,42-41-.